The molecule has 7 nitrogen and oxygen atoms in total. The van der Waals surface area contributed by atoms with Gasteiger partial charge in [-0.2, -0.15) is 0 Å². The van der Waals surface area contributed by atoms with Gasteiger partial charge in [0.1, 0.15) is 0 Å². The summed E-state index contributed by atoms with van der Waals surface area (Å²) >= 11 is 0. The van der Waals surface area contributed by atoms with Gasteiger partial charge >= 0.3 is 5.69 Å². The molecule has 1 aromatic rings. The first-order valence-electron chi connectivity index (χ1n) is 3.88. The Labute approximate surface area is 82.5 Å². The van der Waals surface area contributed by atoms with Crippen LogP contribution in [0.5, 0.6) is 5.75 Å². The first-order chi connectivity index (χ1) is 7.00. The second kappa shape index (κ2) is 2.77. The maximum atomic E-state index is 11.1. The van der Waals surface area contributed by atoms with Crippen LogP contribution in [-0.4, -0.2) is 21.8 Å². The maximum absolute atomic E-state index is 11.1. The van der Waals surface area contributed by atoms with Crippen molar-refractivity contribution in [2.45, 2.75) is 0 Å². The third-order valence-corrected chi connectivity index (χ3v) is 2.03. The summed E-state index contributed by atoms with van der Waals surface area (Å²) in [4.78, 5) is 31.8. The SMILES string of the molecule is O=C1NC(=O)c2cc([N+](=O)[O-])c(O)cc21. The highest BCUT2D eigenvalue weighted by Crippen LogP contribution is 2.31. The summed E-state index contributed by atoms with van der Waals surface area (Å²) in [5.41, 5.74) is -0.744. The van der Waals surface area contributed by atoms with Crippen LogP contribution >= 0.6 is 0 Å². The fourth-order valence-corrected chi connectivity index (χ4v) is 1.34. The molecule has 0 aliphatic carbocycles. The minimum atomic E-state index is -0.828. The molecule has 0 fully saturated rings. The number of nitro groups is 1. The van der Waals surface area contributed by atoms with E-state index in [9.17, 15) is 24.8 Å². The smallest absolute Gasteiger partial charge is 0.311 e. The molecule has 1 aromatic carbocycles. The van der Waals surface area contributed by atoms with Crippen LogP contribution in [0, 0.1) is 10.1 Å². The number of nitrogens with zero attached hydrogens (tertiary/aromatic N) is 1. The van der Waals surface area contributed by atoms with Crippen molar-refractivity contribution in [1.29, 1.82) is 0 Å². The number of hydrogen-bond acceptors (Lipinski definition) is 5. The molecule has 15 heavy (non-hydrogen) atoms. The highest BCUT2D eigenvalue weighted by Gasteiger charge is 2.31. The third kappa shape index (κ3) is 1.21. The summed E-state index contributed by atoms with van der Waals surface area (Å²) in [5.74, 6) is -2.00. The minimum Gasteiger partial charge on any atom is -0.502 e. The summed E-state index contributed by atoms with van der Waals surface area (Å²) in [6.45, 7) is 0. The minimum absolute atomic E-state index is 0.0527. The summed E-state index contributed by atoms with van der Waals surface area (Å²) in [6.07, 6.45) is 0. The Bertz CT molecular complexity index is 508. The fraction of sp³-hybridized carbons (Fsp3) is 0. The van der Waals surface area contributed by atoms with E-state index in [-0.39, 0.29) is 11.1 Å². The quantitative estimate of drug-likeness (QED) is 0.388. The number of fused-ring (bicyclic) bond motifs is 1. The highest BCUT2D eigenvalue weighted by molar-refractivity contribution is 6.22. The number of hydrogen-bond donors (Lipinski definition) is 2. The maximum Gasteiger partial charge on any atom is 0.311 e. The molecule has 0 saturated carbocycles. The number of carbonyl (C=O) groups is 2. The number of nitrogens with one attached hydrogen (secondary N) is 1. The van der Waals surface area contributed by atoms with Gasteiger partial charge in [0.25, 0.3) is 11.8 Å². The summed E-state index contributed by atoms with van der Waals surface area (Å²) < 4.78 is 0. The van der Waals surface area contributed by atoms with Gasteiger partial charge in [-0.1, -0.05) is 0 Å². The van der Waals surface area contributed by atoms with Crippen molar-refractivity contribution in [3.63, 3.8) is 0 Å². The number of nitro benzene ring substituents is 1. The number of aromatic hydroxyl groups is 1. The molecular formula is C8H4N2O5. The molecular weight excluding hydrogens is 204 g/mol. The van der Waals surface area contributed by atoms with E-state index in [1.807, 2.05) is 5.32 Å². The monoisotopic (exact) mass is 208 g/mol. The number of amides is 2. The molecule has 0 radical (unpaired) electrons. The second-order valence-corrected chi connectivity index (χ2v) is 2.93. The van der Waals surface area contributed by atoms with E-state index in [2.05, 4.69) is 0 Å². The molecule has 0 atom stereocenters. The van der Waals surface area contributed by atoms with E-state index >= 15 is 0 Å². The van der Waals surface area contributed by atoms with Gasteiger partial charge in [-0.3, -0.25) is 25.0 Å². The molecule has 2 amide bonds. The molecule has 0 unspecified atom stereocenters. The lowest BCUT2D eigenvalue weighted by atomic mass is 10.1. The number of phenols is 1. The normalized spacial score (nSPS) is 13.6. The second-order valence-electron chi connectivity index (χ2n) is 2.93. The Kier molecular flexibility index (Phi) is 1.69. The van der Waals surface area contributed by atoms with Gasteiger partial charge in [-0.25, -0.2) is 0 Å². The molecule has 2 rings (SSSR count). The van der Waals surface area contributed by atoms with Crippen molar-refractivity contribution < 1.29 is 19.6 Å². The molecule has 1 aliphatic heterocycles. The van der Waals surface area contributed by atoms with E-state index in [4.69, 9.17) is 0 Å². The summed E-state index contributed by atoms with van der Waals surface area (Å²) in [5, 5.41) is 21.6. The predicted octanol–water partition coefficient (Wildman–Crippen LogP) is 0.184. The molecule has 0 aromatic heterocycles. The number of phenolic OH excluding ortho intramolecular Hbond substituents is 1. The van der Waals surface area contributed by atoms with Crippen LogP contribution in [0.3, 0.4) is 0 Å². The van der Waals surface area contributed by atoms with Gasteiger partial charge in [-0.05, 0) is 0 Å². The molecule has 0 saturated heterocycles. The van der Waals surface area contributed by atoms with E-state index in [1.54, 1.807) is 0 Å². The Morgan fingerprint density at radius 3 is 2.27 bits per heavy atom. The van der Waals surface area contributed by atoms with Gasteiger partial charge in [0.15, 0.2) is 5.75 Å². The Morgan fingerprint density at radius 2 is 1.73 bits per heavy atom. The largest absolute Gasteiger partial charge is 0.502 e. The van der Waals surface area contributed by atoms with Crippen LogP contribution in [0.15, 0.2) is 12.1 Å². The molecule has 7 heteroatoms. The Balaban J connectivity index is 2.70. The predicted molar refractivity (Wildman–Crippen MR) is 46.6 cm³/mol. The standard InChI is InChI=1S/C8H4N2O5/c11-6-2-4-3(1-5(6)10(14)15)7(12)9-8(4)13/h1-2,11H,(H,9,12,13). The van der Waals surface area contributed by atoms with Crippen molar-refractivity contribution in [1.82, 2.24) is 5.32 Å². The zero-order chi connectivity index (χ0) is 11.2. The van der Waals surface area contributed by atoms with Crippen LogP contribution < -0.4 is 5.32 Å². The van der Waals surface area contributed by atoms with Gasteiger partial charge in [0, 0.05) is 12.1 Å². The lowest BCUT2D eigenvalue weighted by Crippen LogP contribution is -2.19. The average molecular weight is 208 g/mol. The lowest BCUT2D eigenvalue weighted by Gasteiger charge is -1.97. The van der Waals surface area contributed by atoms with Crippen LogP contribution in [0.2, 0.25) is 0 Å². The lowest BCUT2D eigenvalue weighted by molar-refractivity contribution is -0.385. The number of benzene rings is 1. The van der Waals surface area contributed by atoms with Crippen molar-refractivity contribution in [3.05, 3.63) is 33.4 Å². The van der Waals surface area contributed by atoms with Crippen LogP contribution in [-0.2, 0) is 0 Å². The topological polar surface area (TPSA) is 110 Å². The molecule has 1 heterocycles. The molecule has 0 bridgehead atoms. The first kappa shape index (κ1) is 9.13. The van der Waals surface area contributed by atoms with Crippen LogP contribution in [0.25, 0.3) is 0 Å². The molecule has 0 spiro atoms. The number of carbonyl (C=O) groups excluding carboxylic acids is 2. The Morgan fingerprint density at radius 1 is 1.20 bits per heavy atom. The van der Waals surface area contributed by atoms with Crippen molar-refractivity contribution in [2.75, 3.05) is 0 Å². The van der Waals surface area contributed by atoms with Crippen molar-refractivity contribution in [2.24, 2.45) is 0 Å². The van der Waals surface area contributed by atoms with Crippen LogP contribution in [0.1, 0.15) is 20.7 Å². The zero-order valence-corrected chi connectivity index (χ0v) is 7.18. The summed E-state index contributed by atoms with van der Waals surface area (Å²) in [7, 11) is 0. The Hall–Kier alpha value is -2.44. The molecule has 1 aliphatic rings. The third-order valence-electron chi connectivity index (χ3n) is 2.03. The summed E-state index contributed by atoms with van der Waals surface area (Å²) in [6, 6.07) is 1.79. The first-order valence-corrected chi connectivity index (χ1v) is 3.88. The van der Waals surface area contributed by atoms with Gasteiger partial charge in [-0.15, -0.1) is 0 Å². The van der Waals surface area contributed by atoms with Crippen molar-refractivity contribution in [3.8, 4) is 5.75 Å². The van der Waals surface area contributed by atoms with Gasteiger partial charge < -0.3 is 5.11 Å². The molecule has 76 valence electrons. The van der Waals surface area contributed by atoms with Crippen molar-refractivity contribution >= 4 is 17.5 Å². The highest BCUT2D eigenvalue weighted by atomic mass is 16.6. The number of rotatable bonds is 1. The van der Waals surface area contributed by atoms with E-state index in [1.165, 1.54) is 0 Å². The molecule has 2 N–H and O–H groups in total. The van der Waals surface area contributed by atoms with E-state index in [0.717, 1.165) is 12.1 Å². The average Bonchev–Trinajstić information content (AvgIpc) is 2.41. The van der Waals surface area contributed by atoms with E-state index < -0.39 is 28.2 Å². The number of imide groups is 1. The van der Waals surface area contributed by atoms with Gasteiger partial charge in [0.05, 0.1) is 16.1 Å². The van der Waals surface area contributed by atoms with Gasteiger partial charge in [0.2, 0.25) is 0 Å². The zero-order valence-electron chi connectivity index (χ0n) is 7.18. The fourth-order valence-electron chi connectivity index (χ4n) is 1.34. The van der Waals surface area contributed by atoms with E-state index in [0.29, 0.717) is 0 Å². The van der Waals surface area contributed by atoms with Crippen LogP contribution in [0.4, 0.5) is 5.69 Å².